The average Bonchev–Trinajstić information content (AvgIpc) is 2.64. The van der Waals surface area contributed by atoms with E-state index in [9.17, 15) is 0 Å². The Hall–Kier alpha value is -0.680. The van der Waals surface area contributed by atoms with E-state index < -0.39 is 0 Å². The highest BCUT2D eigenvalue weighted by molar-refractivity contribution is 7.98. The zero-order valence-corrected chi connectivity index (χ0v) is 10.7. The summed E-state index contributed by atoms with van der Waals surface area (Å²) in [7, 11) is 0. The maximum absolute atomic E-state index is 4.52. The molecule has 1 aromatic rings. The maximum Gasteiger partial charge on any atom is 0.208 e. The lowest BCUT2D eigenvalue weighted by Gasteiger charge is -2.22. The van der Waals surface area contributed by atoms with Gasteiger partial charge in [0.1, 0.15) is 5.00 Å². The van der Waals surface area contributed by atoms with E-state index in [1.54, 1.807) is 23.3 Å². The monoisotopic (exact) mass is 241 g/mol. The van der Waals surface area contributed by atoms with Crippen molar-refractivity contribution in [3.63, 3.8) is 0 Å². The van der Waals surface area contributed by atoms with E-state index in [1.807, 2.05) is 0 Å². The van der Waals surface area contributed by atoms with Gasteiger partial charge in [-0.1, -0.05) is 13.8 Å². The van der Waals surface area contributed by atoms with Gasteiger partial charge < -0.3 is 5.32 Å². The fourth-order valence-corrected chi connectivity index (χ4v) is 2.72. The Labute approximate surface area is 98.5 Å². The van der Waals surface area contributed by atoms with Gasteiger partial charge in [-0.25, -0.2) is 4.99 Å². The zero-order valence-electron chi connectivity index (χ0n) is 9.07. The summed E-state index contributed by atoms with van der Waals surface area (Å²) in [5.74, 6) is 1.47. The van der Waals surface area contributed by atoms with Crippen molar-refractivity contribution in [2.45, 2.75) is 31.7 Å². The Morgan fingerprint density at radius 1 is 1.40 bits per heavy atom. The second kappa shape index (κ2) is 4.45. The Kier molecular flexibility index (Phi) is 3.21. The molecule has 3 nitrogen and oxygen atoms in total. The molecular weight excluding hydrogens is 226 g/mol. The number of nitrogens with one attached hydrogen (secondary N) is 2. The van der Waals surface area contributed by atoms with E-state index in [1.165, 1.54) is 4.90 Å². The molecule has 82 valence electrons. The van der Waals surface area contributed by atoms with Crippen LogP contribution in [0.15, 0.2) is 21.3 Å². The molecule has 2 rings (SSSR count). The Morgan fingerprint density at radius 2 is 2.20 bits per heavy atom. The van der Waals surface area contributed by atoms with Gasteiger partial charge in [0.05, 0.1) is 4.90 Å². The molecule has 1 aliphatic rings. The van der Waals surface area contributed by atoms with Crippen LogP contribution in [-0.4, -0.2) is 12.0 Å². The summed E-state index contributed by atoms with van der Waals surface area (Å²) in [6, 6.07) is 2.52. The van der Waals surface area contributed by atoms with Crippen LogP contribution in [0.2, 0.25) is 0 Å². The topological polar surface area (TPSA) is 36.4 Å². The molecule has 0 saturated heterocycles. The van der Waals surface area contributed by atoms with Crippen LogP contribution in [0.3, 0.4) is 0 Å². The minimum atomic E-state index is 0.429. The van der Waals surface area contributed by atoms with Crippen molar-refractivity contribution < 1.29 is 0 Å². The first kappa shape index (κ1) is 10.8. The van der Waals surface area contributed by atoms with Crippen LogP contribution in [0.25, 0.3) is 0 Å². The van der Waals surface area contributed by atoms with Crippen LogP contribution < -0.4 is 10.0 Å². The summed E-state index contributed by atoms with van der Waals surface area (Å²) >= 11 is 3.30. The first-order valence-electron chi connectivity index (χ1n) is 5.02. The molecule has 1 unspecified atom stereocenters. The minimum Gasteiger partial charge on any atom is -0.353 e. The highest BCUT2D eigenvalue weighted by atomic mass is 32.2. The Balaban J connectivity index is 2.07. The van der Waals surface area contributed by atoms with Crippen LogP contribution in [-0.2, 0) is 0 Å². The standard InChI is InChI=1S/C10H15N3S2/c1-6(2)7(3)11-10-12-9-8(15-13-10)4-5-14-9/h4-7H,1-3H3,(H2,11,12,13). The van der Waals surface area contributed by atoms with Crippen molar-refractivity contribution >= 4 is 34.2 Å². The molecule has 0 aromatic carbocycles. The van der Waals surface area contributed by atoms with E-state index in [4.69, 9.17) is 0 Å². The number of aliphatic imine (C=N–C) groups is 1. The number of hydrogen-bond donors (Lipinski definition) is 2. The fourth-order valence-electron chi connectivity index (χ4n) is 1.12. The summed E-state index contributed by atoms with van der Waals surface area (Å²) in [6.45, 7) is 6.57. The molecular formula is C10H15N3S2. The lowest BCUT2D eigenvalue weighted by atomic mass is 10.1. The maximum atomic E-state index is 4.52. The van der Waals surface area contributed by atoms with Crippen molar-refractivity contribution in [1.82, 2.24) is 10.0 Å². The molecule has 1 aliphatic heterocycles. The molecule has 1 aromatic heterocycles. The van der Waals surface area contributed by atoms with Crippen molar-refractivity contribution in [1.29, 1.82) is 0 Å². The van der Waals surface area contributed by atoms with E-state index in [0.29, 0.717) is 12.0 Å². The first-order valence-corrected chi connectivity index (χ1v) is 6.72. The summed E-state index contributed by atoms with van der Waals surface area (Å²) in [5.41, 5.74) is 0. The number of thiophene rings is 1. The number of hydrogen-bond acceptors (Lipinski definition) is 5. The molecule has 0 spiro atoms. The molecule has 5 heteroatoms. The van der Waals surface area contributed by atoms with Crippen LogP contribution in [0.5, 0.6) is 0 Å². The van der Waals surface area contributed by atoms with E-state index >= 15 is 0 Å². The first-order chi connectivity index (χ1) is 7.16. The van der Waals surface area contributed by atoms with Crippen LogP contribution in [0.1, 0.15) is 20.8 Å². The summed E-state index contributed by atoms with van der Waals surface area (Å²) < 4.78 is 3.21. The smallest absolute Gasteiger partial charge is 0.208 e. The summed E-state index contributed by atoms with van der Waals surface area (Å²) in [6.07, 6.45) is 0. The number of rotatable bonds is 2. The molecule has 0 radical (unpaired) electrons. The fraction of sp³-hybridized carbons (Fsp3) is 0.500. The largest absolute Gasteiger partial charge is 0.353 e. The summed E-state index contributed by atoms with van der Waals surface area (Å²) in [5, 5.41) is 6.54. The Bertz CT molecular complexity index is 370. The van der Waals surface area contributed by atoms with Crippen LogP contribution in [0, 0.1) is 5.92 Å². The highest BCUT2D eigenvalue weighted by Gasteiger charge is 2.15. The van der Waals surface area contributed by atoms with Gasteiger partial charge in [-0.3, -0.25) is 4.72 Å². The molecule has 0 bridgehead atoms. The van der Waals surface area contributed by atoms with Crippen LogP contribution >= 0.6 is 23.3 Å². The van der Waals surface area contributed by atoms with E-state index in [-0.39, 0.29) is 0 Å². The van der Waals surface area contributed by atoms with Gasteiger partial charge in [0.15, 0.2) is 0 Å². The molecule has 1 atom stereocenters. The summed E-state index contributed by atoms with van der Waals surface area (Å²) in [4.78, 5) is 5.73. The van der Waals surface area contributed by atoms with E-state index in [2.05, 4.69) is 47.2 Å². The predicted molar refractivity (Wildman–Crippen MR) is 67.8 cm³/mol. The zero-order chi connectivity index (χ0) is 10.8. The third-order valence-electron chi connectivity index (χ3n) is 2.45. The molecule has 0 saturated carbocycles. The molecule has 0 amide bonds. The van der Waals surface area contributed by atoms with Crippen molar-refractivity contribution in [2.24, 2.45) is 10.9 Å². The van der Waals surface area contributed by atoms with Gasteiger partial charge in [-0.05, 0) is 36.2 Å². The number of fused-ring (bicyclic) bond motifs is 1. The Morgan fingerprint density at radius 3 is 2.93 bits per heavy atom. The van der Waals surface area contributed by atoms with Crippen LogP contribution in [0.4, 0.5) is 5.00 Å². The lowest BCUT2D eigenvalue weighted by molar-refractivity contribution is 0.484. The van der Waals surface area contributed by atoms with Gasteiger partial charge >= 0.3 is 0 Å². The molecule has 0 fully saturated rings. The highest BCUT2D eigenvalue weighted by Crippen LogP contribution is 2.35. The second-order valence-corrected chi connectivity index (χ2v) is 5.67. The molecule has 2 N–H and O–H groups in total. The van der Waals surface area contributed by atoms with Gasteiger partial charge in [0.25, 0.3) is 0 Å². The lowest BCUT2D eigenvalue weighted by Crippen LogP contribution is -2.42. The van der Waals surface area contributed by atoms with Gasteiger partial charge in [-0.2, -0.15) is 0 Å². The third kappa shape index (κ3) is 2.46. The van der Waals surface area contributed by atoms with Crippen molar-refractivity contribution in [2.75, 3.05) is 0 Å². The SMILES string of the molecule is CC(C)C(C)NC1=Nc2sccc2SN1. The third-order valence-corrected chi connectivity index (χ3v) is 4.23. The molecule has 15 heavy (non-hydrogen) atoms. The number of guanidine groups is 1. The molecule has 0 aliphatic carbocycles. The van der Waals surface area contributed by atoms with Crippen molar-refractivity contribution in [3.8, 4) is 0 Å². The second-order valence-electron chi connectivity index (χ2n) is 3.93. The predicted octanol–water partition coefficient (Wildman–Crippen LogP) is 2.98. The van der Waals surface area contributed by atoms with E-state index in [0.717, 1.165) is 11.0 Å². The van der Waals surface area contributed by atoms with Gasteiger partial charge in [0.2, 0.25) is 5.96 Å². The minimum absolute atomic E-state index is 0.429. The average molecular weight is 241 g/mol. The number of nitrogens with zero attached hydrogens (tertiary/aromatic N) is 1. The van der Waals surface area contributed by atoms with Gasteiger partial charge in [0, 0.05) is 6.04 Å². The normalized spacial score (nSPS) is 16.7. The molecule has 2 heterocycles. The quantitative estimate of drug-likeness (QED) is 0.782. The van der Waals surface area contributed by atoms with Crippen molar-refractivity contribution in [3.05, 3.63) is 11.4 Å². The van der Waals surface area contributed by atoms with Gasteiger partial charge in [-0.15, -0.1) is 11.3 Å².